The second kappa shape index (κ2) is 5.42. The molecule has 1 saturated heterocycles. The lowest BCUT2D eigenvalue weighted by atomic mass is 9.85. The maximum Gasteiger partial charge on any atom is 0.376 e. The molecule has 0 aromatic heterocycles. The van der Waals surface area contributed by atoms with Gasteiger partial charge in [0.25, 0.3) is 0 Å². The molecule has 0 unspecified atom stereocenters. The quantitative estimate of drug-likeness (QED) is 0.834. The zero-order valence-electron chi connectivity index (χ0n) is 10.1. The molecule has 96 valence electrons. The first-order valence-electron chi connectivity index (χ1n) is 5.90. The Kier molecular flexibility index (Phi) is 4.09. The van der Waals surface area contributed by atoms with Gasteiger partial charge in [-0.25, -0.2) is 0 Å². The second-order valence-corrected chi connectivity index (χ2v) is 5.51. The Bertz CT molecular complexity index is 455. The molecule has 2 N–H and O–H groups in total. The number of rotatable bonds is 3. The van der Waals surface area contributed by atoms with Gasteiger partial charge in [-0.05, 0) is 25.0 Å². The van der Waals surface area contributed by atoms with Crippen LogP contribution in [0.5, 0.6) is 0 Å². The van der Waals surface area contributed by atoms with Gasteiger partial charge in [-0.3, -0.25) is 4.79 Å². The number of benzene rings is 1. The van der Waals surface area contributed by atoms with Crippen molar-refractivity contribution in [2.45, 2.75) is 12.7 Å². The van der Waals surface area contributed by atoms with E-state index in [1.165, 1.54) is 0 Å². The first-order chi connectivity index (χ1) is 8.50. The van der Waals surface area contributed by atoms with E-state index in [2.05, 4.69) is 15.9 Å². The van der Waals surface area contributed by atoms with Crippen LogP contribution >= 0.6 is 15.9 Å². The van der Waals surface area contributed by atoms with Crippen molar-refractivity contribution < 1.29 is 14.9 Å². The molecule has 0 spiro atoms. The van der Waals surface area contributed by atoms with Crippen molar-refractivity contribution in [3.63, 3.8) is 0 Å². The Morgan fingerprint density at radius 3 is 2.67 bits per heavy atom. The third kappa shape index (κ3) is 2.60. The molecule has 0 radical (unpaired) electrons. The van der Waals surface area contributed by atoms with E-state index in [1.807, 2.05) is 24.3 Å². The van der Waals surface area contributed by atoms with Crippen molar-refractivity contribution in [1.29, 1.82) is 0 Å². The monoisotopic (exact) mass is 311 g/mol. The molecule has 0 saturated carbocycles. The number of aliphatic carboxylic acids is 1. The van der Waals surface area contributed by atoms with E-state index in [0.717, 1.165) is 10.0 Å². The van der Waals surface area contributed by atoms with Crippen molar-refractivity contribution in [1.82, 2.24) is 4.81 Å². The van der Waals surface area contributed by atoms with Crippen molar-refractivity contribution >= 4 is 28.9 Å². The Balaban J connectivity index is 2.30. The first kappa shape index (κ1) is 13.6. The summed E-state index contributed by atoms with van der Waals surface area (Å²) in [5.74, 6) is -1.37. The van der Waals surface area contributed by atoms with Crippen LogP contribution in [-0.2, 0) is 4.79 Å². The fraction of sp³-hybridized carbons (Fsp3) is 0.417. The molecular weight excluding hydrogens is 297 g/mol. The molecule has 6 heteroatoms. The summed E-state index contributed by atoms with van der Waals surface area (Å²) in [5.41, 5.74) is 0.994. The number of carbonyl (C=O) groups is 1. The Morgan fingerprint density at radius 1 is 1.44 bits per heavy atom. The van der Waals surface area contributed by atoms with Crippen LogP contribution in [0.15, 0.2) is 28.7 Å². The first-order valence-corrected chi connectivity index (χ1v) is 6.69. The summed E-state index contributed by atoms with van der Waals surface area (Å²) in [6, 6.07) is 7.67. The fourth-order valence-electron chi connectivity index (χ4n) is 2.48. The normalized spacial score (nSPS) is 24.2. The number of carboxylic acid groups (broad SMARTS) is 1. The minimum Gasteiger partial charge on any atom is -0.481 e. The summed E-state index contributed by atoms with van der Waals surface area (Å²) in [6.07, 6.45) is 0. The lowest BCUT2D eigenvalue weighted by Gasteiger charge is -2.17. The third-order valence-electron chi connectivity index (χ3n) is 3.50. The molecule has 0 amide bonds. The minimum atomic E-state index is -0.807. The molecule has 2 rings (SSSR count). The molecule has 2 atom stereocenters. The molecule has 1 aliphatic rings. The van der Waals surface area contributed by atoms with E-state index >= 15 is 0 Å². The molecular formula is C12H15BBrNO3. The molecule has 4 nitrogen and oxygen atoms in total. The van der Waals surface area contributed by atoms with E-state index in [9.17, 15) is 14.9 Å². The standard InChI is InChI=1S/C12H15BBrNO3/c1-13(18)15-6-9(10(7-15)12(16)17)8-4-2-3-5-11(8)14/h2-5,9-10,18H,6-7H2,1H3,(H,16,17)/t9-,10+/m0/s1. The van der Waals surface area contributed by atoms with Gasteiger partial charge in [0.05, 0.1) is 5.92 Å². The summed E-state index contributed by atoms with van der Waals surface area (Å²) >= 11 is 3.47. The molecule has 0 aliphatic carbocycles. The maximum absolute atomic E-state index is 11.3. The highest BCUT2D eigenvalue weighted by molar-refractivity contribution is 9.10. The summed E-state index contributed by atoms with van der Waals surface area (Å²) in [6.45, 7) is 2.62. The molecule has 1 heterocycles. The van der Waals surface area contributed by atoms with Crippen LogP contribution in [0.1, 0.15) is 11.5 Å². The molecule has 1 aliphatic heterocycles. The molecule has 0 bridgehead atoms. The fourth-order valence-corrected chi connectivity index (χ4v) is 3.06. The topological polar surface area (TPSA) is 60.8 Å². The summed E-state index contributed by atoms with van der Waals surface area (Å²) in [4.78, 5) is 13.1. The number of carboxylic acids is 1. The van der Waals surface area contributed by atoms with Gasteiger partial charge in [0.2, 0.25) is 0 Å². The van der Waals surface area contributed by atoms with E-state index in [1.54, 1.807) is 11.6 Å². The Hall–Kier alpha value is -0.845. The van der Waals surface area contributed by atoms with Gasteiger partial charge in [-0.1, -0.05) is 34.1 Å². The van der Waals surface area contributed by atoms with Crippen LogP contribution < -0.4 is 0 Å². The van der Waals surface area contributed by atoms with Crippen molar-refractivity contribution in [3.05, 3.63) is 34.3 Å². The second-order valence-electron chi connectivity index (χ2n) is 4.66. The van der Waals surface area contributed by atoms with E-state index in [0.29, 0.717) is 13.1 Å². The largest absolute Gasteiger partial charge is 0.481 e. The van der Waals surface area contributed by atoms with Crippen molar-refractivity contribution in [2.24, 2.45) is 5.92 Å². The minimum absolute atomic E-state index is 0.0901. The number of nitrogens with zero attached hydrogens (tertiary/aromatic N) is 1. The number of hydrogen-bond acceptors (Lipinski definition) is 3. The van der Waals surface area contributed by atoms with Gasteiger partial charge in [0.15, 0.2) is 0 Å². The number of hydrogen-bond donors (Lipinski definition) is 2. The highest BCUT2D eigenvalue weighted by Crippen LogP contribution is 2.36. The molecule has 1 aromatic carbocycles. The average Bonchev–Trinajstić information content (AvgIpc) is 2.74. The van der Waals surface area contributed by atoms with E-state index in [4.69, 9.17) is 0 Å². The van der Waals surface area contributed by atoms with Crippen LogP contribution in [0.3, 0.4) is 0 Å². The SMILES string of the molecule is CB(O)N1C[C@@H](C(=O)O)[C@H](c2ccccc2Br)C1. The molecule has 18 heavy (non-hydrogen) atoms. The summed E-state index contributed by atoms with van der Waals surface area (Å²) < 4.78 is 0.925. The number of halogens is 1. The van der Waals surface area contributed by atoms with Gasteiger partial charge in [0.1, 0.15) is 0 Å². The smallest absolute Gasteiger partial charge is 0.376 e. The summed E-state index contributed by atoms with van der Waals surface area (Å²) in [7, 11) is -0.612. The third-order valence-corrected chi connectivity index (χ3v) is 4.22. The van der Waals surface area contributed by atoms with Gasteiger partial charge in [-0.2, -0.15) is 0 Å². The van der Waals surface area contributed by atoms with E-state index in [-0.39, 0.29) is 5.92 Å². The van der Waals surface area contributed by atoms with Crippen molar-refractivity contribution in [3.8, 4) is 0 Å². The van der Waals surface area contributed by atoms with Gasteiger partial charge in [-0.15, -0.1) is 0 Å². The lowest BCUT2D eigenvalue weighted by Crippen LogP contribution is -2.35. The van der Waals surface area contributed by atoms with Crippen LogP contribution in [0.25, 0.3) is 0 Å². The summed E-state index contributed by atoms with van der Waals surface area (Å²) in [5, 5.41) is 18.9. The van der Waals surface area contributed by atoms with Gasteiger partial charge >= 0.3 is 13.0 Å². The van der Waals surface area contributed by atoms with Crippen LogP contribution in [0.4, 0.5) is 0 Å². The maximum atomic E-state index is 11.3. The lowest BCUT2D eigenvalue weighted by molar-refractivity contribution is -0.141. The molecule has 1 aromatic rings. The van der Waals surface area contributed by atoms with E-state index < -0.39 is 18.9 Å². The Labute approximate surface area is 115 Å². The van der Waals surface area contributed by atoms with Crippen LogP contribution in [-0.4, -0.2) is 41.1 Å². The van der Waals surface area contributed by atoms with Crippen LogP contribution in [0, 0.1) is 5.92 Å². The van der Waals surface area contributed by atoms with Crippen LogP contribution in [0.2, 0.25) is 6.82 Å². The van der Waals surface area contributed by atoms with Gasteiger partial charge < -0.3 is 14.9 Å². The highest BCUT2D eigenvalue weighted by Gasteiger charge is 2.41. The van der Waals surface area contributed by atoms with Gasteiger partial charge in [0, 0.05) is 16.9 Å². The zero-order chi connectivity index (χ0) is 13.3. The zero-order valence-corrected chi connectivity index (χ0v) is 11.7. The average molecular weight is 312 g/mol. The molecule has 1 fully saturated rings. The highest BCUT2D eigenvalue weighted by atomic mass is 79.9. The van der Waals surface area contributed by atoms with Crippen molar-refractivity contribution in [2.75, 3.05) is 13.1 Å². The predicted octanol–water partition coefficient (Wildman–Crippen LogP) is 1.66. The Morgan fingerprint density at radius 2 is 2.11 bits per heavy atom. The predicted molar refractivity (Wildman–Crippen MR) is 73.4 cm³/mol.